The van der Waals surface area contributed by atoms with E-state index in [0.29, 0.717) is 12.3 Å². The van der Waals surface area contributed by atoms with Crippen LogP contribution in [0.4, 0.5) is 0 Å². The third kappa shape index (κ3) is 4.90. The molecule has 4 rings (SSSR count). The molecule has 0 aliphatic carbocycles. The van der Waals surface area contributed by atoms with E-state index in [4.69, 9.17) is 4.74 Å². The van der Waals surface area contributed by atoms with Crippen LogP contribution in [0.2, 0.25) is 0 Å². The summed E-state index contributed by atoms with van der Waals surface area (Å²) >= 11 is 1.51. The van der Waals surface area contributed by atoms with E-state index in [1.807, 2.05) is 60.0 Å². The number of carbonyl (C=O) groups excluding carboxylic acids is 1. The zero-order valence-electron chi connectivity index (χ0n) is 16.5. The Morgan fingerprint density at radius 3 is 2.40 bits per heavy atom. The Morgan fingerprint density at radius 2 is 1.67 bits per heavy atom. The monoisotopic (exact) mass is 415 g/mol. The van der Waals surface area contributed by atoms with Gasteiger partial charge in [0.25, 0.3) is 5.91 Å². The second-order valence-electron chi connectivity index (χ2n) is 6.73. The van der Waals surface area contributed by atoms with Crippen molar-refractivity contribution >= 4 is 17.2 Å². The summed E-state index contributed by atoms with van der Waals surface area (Å²) in [4.78, 5) is 21.0. The van der Waals surface area contributed by atoms with Crippen LogP contribution in [0.1, 0.15) is 11.9 Å². The van der Waals surface area contributed by atoms with E-state index in [1.54, 1.807) is 19.3 Å². The van der Waals surface area contributed by atoms with Gasteiger partial charge in [0, 0.05) is 23.3 Å². The van der Waals surface area contributed by atoms with Gasteiger partial charge in [-0.1, -0.05) is 42.5 Å². The number of benzene rings is 2. The number of nitrogens with one attached hydrogen (secondary N) is 1. The van der Waals surface area contributed by atoms with Crippen LogP contribution < -0.4 is 10.1 Å². The molecule has 0 bridgehead atoms. The van der Waals surface area contributed by atoms with Gasteiger partial charge in [0.15, 0.2) is 6.10 Å². The summed E-state index contributed by atoms with van der Waals surface area (Å²) in [5.74, 6) is 0.481. The van der Waals surface area contributed by atoms with Crippen molar-refractivity contribution in [2.75, 3.05) is 0 Å². The van der Waals surface area contributed by atoms with E-state index in [2.05, 4.69) is 27.4 Å². The van der Waals surface area contributed by atoms with E-state index >= 15 is 0 Å². The second kappa shape index (κ2) is 9.33. The van der Waals surface area contributed by atoms with Crippen molar-refractivity contribution in [1.29, 1.82) is 0 Å². The Balaban J connectivity index is 1.30. The number of ether oxygens (including phenoxy) is 1. The topological polar surface area (TPSA) is 64.1 Å². The highest BCUT2D eigenvalue weighted by atomic mass is 32.1. The summed E-state index contributed by atoms with van der Waals surface area (Å²) in [6.07, 6.45) is 2.87. The zero-order chi connectivity index (χ0) is 20.8. The molecule has 1 N–H and O–H groups in total. The van der Waals surface area contributed by atoms with Gasteiger partial charge in [0.1, 0.15) is 10.8 Å². The molecule has 0 saturated carbocycles. The molecule has 1 atom stereocenters. The highest BCUT2D eigenvalue weighted by Gasteiger charge is 2.15. The molecule has 5 nitrogen and oxygen atoms in total. The van der Waals surface area contributed by atoms with Crippen LogP contribution in [0.5, 0.6) is 5.75 Å². The van der Waals surface area contributed by atoms with Crippen LogP contribution in [0, 0.1) is 0 Å². The molecule has 2 heterocycles. The first kappa shape index (κ1) is 19.8. The van der Waals surface area contributed by atoms with Crippen molar-refractivity contribution in [3.05, 3.63) is 89.5 Å². The maximum absolute atomic E-state index is 12.4. The quantitative estimate of drug-likeness (QED) is 0.464. The smallest absolute Gasteiger partial charge is 0.261 e. The minimum Gasteiger partial charge on any atom is -0.481 e. The molecule has 6 heteroatoms. The fourth-order valence-corrected chi connectivity index (χ4v) is 3.71. The number of aromatic nitrogens is 2. The number of amides is 1. The third-order valence-electron chi connectivity index (χ3n) is 4.59. The van der Waals surface area contributed by atoms with E-state index in [0.717, 1.165) is 27.4 Å². The lowest BCUT2D eigenvalue weighted by atomic mass is 10.1. The molecule has 1 amide bonds. The summed E-state index contributed by atoms with van der Waals surface area (Å²) in [6, 6.07) is 21.7. The summed E-state index contributed by atoms with van der Waals surface area (Å²) in [6.45, 7) is 2.11. The van der Waals surface area contributed by atoms with E-state index in [-0.39, 0.29) is 5.91 Å². The molecule has 150 valence electrons. The summed E-state index contributed by atoms with van der Waals surface area (Å²) in [5, 5.41) is 5.71. The fourth-order valence-electron chi connectivity index (χ4n) is 2.97. The lowest BCUT2D eigenvalue weighted by Crippen LogP contribution is -2.35. The molecular weight excluding hydrogens is 394 g/mol. The van der Waals surface area contributed by atoms with Crippen molar-refractivity contribution in [3.63, 3.8) is 0 Å². The minimum absolute atomic E-state index is 0.178. The standard InChI is InChI=1S/C24H21N3O2S/c1-17(29-21-9-7-19(8-10-21)18-5-3-2-4-6-18)24(28)26-15-23-27-22(16-30-23)20-11-13-25-14-12-20/h2-14,16-17H,15H2,1H3,(H,26,28). The summed E-state index contributed by atoms with van der Waals surface area (Å²) in [5.41, 5.74) is 4.14. The molecule has 0 fully saturated rings. The normalized spacial score (nSPS) is 11.6. The Bertz CT molecular complexity index is 1100. The Morgan fingerprint density at radius 1 is 0.967 bits per heavy atom. The van der Waals surface area contributed by atoms with E-state index in [9.17, 15) is 4.79 Å². The second-order valence-corrected chi connectivity index (χ2v) is 7.67. The van der Waals surface area contributed by atoms with Crippen LogP contribution in [0.15, 0.2) is 84.5 Å². The fraction of sp³-hybridized carbons (Fsp3) is 0.125. The molecule has 30 heavy (non-hydrogen) atoms. The SMILES string of the molecule is CC(Oc1ccc(-c2ccccc2)cc1)C(=O)NCc1nc(-c2ccncc2)cs1. The number of nitrogens with zero attached hydrogens (tertiary/aromatic N) is 2. The van der Waals surface area contributed by atoms with Crippen LogP contribution in [0.25, 0.3) is 22.4 Å². The van der Waals surface area contributed by atoms with E-state index < -0.39 is 6.10 Å². The molecule has 0 saturated heterocycles. The Labute approximate surface area is 179 Å². The first-order chi connectivity index (χ1) is 14.7. The number of rotatable bonds is 7. The maximum atomic E-state index is 12.4. The molecule has 1 unspecified atom stereocenters. The lowest BCUT2D eigenvalue weighted by Gasteiger charge is -2.14. The number of hydrogen-bond acceptors (Lipinski definition) is 5. The highest BCUT2D eigenvalue weighted by molar-refractivity contribution is 7.09. The molecule has 2 aromatic heterocycles. The van der Waals surface area contributed by atoms with Crippen molar-refractivity contribution < 1.29 is 9.53 Å². The van der Waals surface area contributed by atoms with Crippen LogP contribution >= 0.6 is 11.3 Å². The molecule has 2 aromatic carbocycles. The van der Waals surface area contributed by atoms with Crippen molar-refractivity contribution in [2.45, 2.75) is 19.6 Å². The minimum atomic E-state index is -0.604. The van der Waals surface area contributed by atoms with Crippen LogP contribution in [0.3, 0.4) is 0 Å². The van der Waals surface area contributed by atoms with Crippen molar-refractivity contribution in [2.24, 2.45) is 0 Å². The number of carbonyl (C=O) groups is 1. The lowest BCUT2D eigenvalue weighted by molar-refractivity contribution is -0.127. The Hall–Kier alpha value is -3.51. The van der Waals surface area contributed by atoms with Gasteiger partial charge >= 0.3 is 0 Å². The number of hydrogen-bond donors (Lipinski definition) is 1. The largest absolute Gasteiger partial charge is 0.481 e. The van der Waals surface area contributed by atoms with E-state index in [1.165, 1.54) is 11.3 Å². The van der Waals surface area contributed by atoms with Crippen molar-refractivity contribution in [3.8, 4) is 28.1 Å². The zero-order valence-corrected chi connectivity index (χ0v) is 17.3. The van der Waals surface area contributed by atoms with Gasteiger partial charge in [-0.25, -0.2) is 4.98 Å². The van der Waals surface area contributed by atoms with Crippen molar-refractivity contribution in [1.82, 2.24) is 15.3 Å². The van der Waals surface area contributed by atoms with Gasteiger partial charge in [0.2, 0.25) is 0 Å². The van der Waals surface area contributed by atoms with Gasteiger partial charge in [0.05, 0.1) is 12.2 Å². The van der Waals surface area contributed by atoms with Gasteiger partial charge in [-0.05, 0) is 42.3 Å². The molecule has 0 aliphatic rings. The van der Waals surface area contributed by atoms with Gasteiger partial charge < -0.3 is 10.1 Å². The third-order valence-corrected chi connectivity index (χ3v) is 5.43. The van der Waals surface area contributed by atoms with Gasteiger partial charge in [-0.2, -0.15) is 0 Å². The average molecular weight is 416 g/mol. The van der Waals surface area contributed by atoms with Crippen LogP contribution in [-0.2, 0) is 11.3 Å². The highest BCUT2D eigenvalue weighted by Crippen LogP contribution is 2.23. The molecule has 0 spiro atoms. The molecule has 0 radical (unpaired) electrons. The predicted octanol–water partition coefficient (Wildman–Crippen LogP) is 4.96. The van der Waals surface area contributed by atoms with Gasteiger partial charge in [-0.15, -0.1) is 11.3 Å². The average Bonchev–Trinajstić information content (AvgIpc) is 3.28. The maximum Gasteiger partial charge on any atom is 0.261 e. The molecule has 4 aromatic rings. The summed E-state index contributed by atoms with van der Waals surface area (Å²) in [7, 11) is 0. The number of pyridine rings is 1. The first-order valence-electron chi connectivity index (χ1n) is 9.64. The Kier molecular flexibility index (Phi) is 6.15. The molecule has 0 aliphatic heterocycles. The molecular formula is C24H21N3O2S. The number of thiazole rings is 1. The van der Waals surface area contributed by atoms with Crippen LogP contribution in [-0.4, -0.2) is 22.0 Å². The first-order valence-corrected chi connectivity index (χ1v) is 10.5. The van der Waals surface area contributed by atoms with Gasteiger partial charge in [-0.3, -0.25) is 9.78 Å². The predicted molar refractivity (Wildman–Crippen MR) is 119 cm³/mol. The summed E-state index contributed by atoms with van der Waals surface area (Å²) < 4.78 is 5.79.